The minimum Gasteiger partial charge on any atom is -0.468 e. The van der Waals surface area contributed by atoms with Crippen molar-refractivity contribution in [1.82, 2.24) is 4.90 Å². The summed E-state index contributed by atoms with van der Waals surface area (Å²) < 4.78 is 4.68. The Hall–Kier alpha value is -0.540. The van der Waals surface area contributed by atoms with Crippen LogP contribution in [0.3, 0.4) is 0 Å². The molecule has 0 unspecified atom stereocenters. The van der Waals surface area contributed by atoms with E-state index in [-0.39, 0.29) is 5.97 Å². The fraction of sp³-hybridized carbons (Fsp3) is 0.727. The second-order valence-corrected chi connectivity index (χ2v) is 4.06. The van der Waals surface area contributed by atoms with Crippen molar-refractivity contribution < 1.29 is 9.53 Å². The Bertz CT molecular complexity index is 225. The van der Waals surface area contributed by atoms with Crippen LogP contribution in [0.2, 0.25) is 0 Å². The van der Waals surface area contributed by atoms with Crippen LogP contribution < -0.4 is 0 Å². The average molecular weight is 232 g/mol. The molecule has 0 aromatic carbocycles. The van der Waals surface area contributed by atoms with Gasteiger partial charge in [0, 0.05) is 18.1 Å². The molecule has 3 nitrogen and oxygen atoms in total. The second-order valence-electron chi connectivity index (χ2n) is 3.81. The van der Waals surface area contributed by atoms with Crippen molar-refractivity contribution in [1.29, 1.82) is 0 Å². The SMILES string of the molecule is COC(=O)CN(C/C=C/Cl)C1CCCC1. The van der Waals surface area contributed by atoms with Crippen LogP contribution in [0.1, 0.15) is 25.7 Å². The molecule has 4 heteroatoms. The normalized spacial score (nSPS) is 17.8. The van der Waals surface area contributed by atoms with Gasteiger partial charge in [-0.05, 0) is 12.8 Å². The Kier molecular flexibility index (Phi) is 5.73. The predicted octanol–water partition coefficient (Wildman–Crippen LogP) is 2.16. The van der Waals surface area contributed by atoms with Crippen molar-refractivity contribution in [3.63, 3.8) is 0 Å². The molecule has 0 aromatic heterocycles. The van der Waals surface area contributed by atoms with E-state index >= 15 is 0 Å². The monoisotopic (exact) mass is 231 g/mol. The van der Waals surface area contributed by atoms with Gasteiger partial charge < -0.3 is 4.74 Å². The number of rotatable bonds is 5. The first kappa shape index (κ1) is 12.5. The molecule has 0 bridgehead atoms. The third-order valence-electron chi connectivity index (χ3n) is 2.83. The molecule has 0 N–H and O–H groups in total. The first-order chi connectivity index (χ1) is 7.27. The summed E-state index contributed by atoms with van der Waals surface area (Å²) in [4.78, 5) is 13.4. The number of esters is 1. The van der Waals surface area contributed by atoms with Crippen LogP contribution in [0.4, 0.5) is 0 Å². The van der Waals surface area contributed by atoms with E-state index in [0.717, 1.165) is 6.54 Å². The lowest BCUT2D eigenvalue weighted by molar-refractivity contribution is -0.142. The van der Waals surface area contributed by atoms with E-state index in [0.29, 0.717) is 12.6 Å². The molecule has 0 atom stereocenters. The maximum absolute atomic E-state index is 11.2. The summed E-state index contributed by atoms with van der Waals surface area (Å²) in [5.41, 5.74) is 1.50. The third kappa shape index (κ3) is 4.22. The summed E-state index contributed by atoms with van der Waals surface area (Å²) >= 11 is 5.50. The van der Waals surface area contributed by atoms with Crippen molar-refractivity contribution in [2.45, 2.75) is 31.7 Å². The molecule has 0 radical (unpaired) electrons. The lowest BCUT2D eigenvalue weighted by Crippen LogP contribution is -2.38. The van der Waals surface area contributed by atoms with Crippen LogP contribution in [0.5, 0.6) is 0 Å². The van der Waals surface area contributed by atoms with Gasteiger partial charge in [-0.25, -0.2) is 0 Å². The van der Waals surface area contributed by atoms with Crippen molar-refractivity contribution in [2.24, 2.45) is 0 Å². The molecule has 0 spiro atoms. The van der Waals surface area contributed by atoms with E-state index in [1.807, 2.05) is 6.08 Å². The summed E-state index contributed by atoms with van der Waals surface area (Å²) in [6.07, 6.45) is 6.73. The average Bonchev–Trinajstić information content (AvgIpc) is 2.77. The van der Waals surface area contributed by atoms with E-state index in [9.17, 15) is 4.79 Å². The number of hydrogen-bond acceptors (Lipinski definition) is 3. The van der Waals surface area contributed by atoms with Gasteiger partial charge in [0.05, 0.1) is 13.7 Å². The molecule has 0 heterocycles. The van der Waals surface area contributed by atoms with Gasteiger partial charge in [-0.1, -0.05) is 30.5 Å². The van der Waals surface area contributed by atoms with Gasteiger partial charge in [0.15, 0.2) is 0 Å². The Labute approximate surface area is 96.0 Å². The molecule has 86 valence electrons. The first-order valence-electron chi connectivity index (χ1n) is 5.34. The zero-order chi connectivity index (χ0) is 11.1. The molecular weight excluding hydrogens is 214 g/mol. The van der Waals surface area contributed by atoms with Gasteiger partial charge in [0.1, 0.15) is 0 Å². The molecule has 1 aliphatic carbocycles. The number of carbonyl (C=O) groups excluding carboxylic acids is 1. The quantitative estimate of drug-likeness (QED) is 0.680. The Morgan fingerprint density at radius 3 is 2.73 bits per heavy atom. The zero-order valence-electron chi connectivity index (χ0n) is 9.12. The summed E-state index contributed by atoms with van der Waals surface area (Å²) in [5, 5.41) is 0. The van der Waals surface area contributed by atoms with E-state index in [2.05, 4.69) is 9.64 Å². The number of hydrogen-bond donors (Lipinski definition) is 0. The fourth-order valence-corrected chi connectivity index (χ4v) is 2.10. The van der Waals surface area contributed by atoms with Gasteiger partial charge in [0.25, 0.3) is 0 Å². The van der Waals surface area contributed by atoms with Gasteiger partial charge in [-0.2, -0.15) is 0 Å². The standard InChI is InChI=1S/C11H18ClNO2/c1-15-11(14)9-13(8-4-7-12)10-5-2-3-6-10/h4,7,10H,2-3,5-6,8-9H2,1H3/b7-4+. The highest BCUT2D eigenvalue weighted by molar-refractivity contribution is 6.25. The van der Waals surface area contributed by atoms with Crippen LogP contribution in [-0.2, 0) is 9.53 Å². The zero-order valence-corrected chi connectivity index (χ0v) is 9.87. The van der Waals surface area contributed by atoms with E-state index < -0.39 is 0 Å². The minimum atomic E-state index is -0.176. The van der Waals surface area contributed by atoms with Crippen LogP contribution in [-0.4, -0.2) is 37.1 Å². The van der Waals surface area contributed by atoms with Gasteiger partial charge in [-0.3, -0.25) is 9.69 Å². The lowest BCUT2D eigenvalue weighted by Gasteiger charge is -2.26. The number of methoxy groups -OCH3 is 1. The summed E-state index contributed by atoms with van der Waals surface area (Å²) in [7, 11) is 1.42. The molecule has 0 aromatic rings. The minimum absolute atomic E-state index is 0.176. The molecule has 0 amide bonds. The molecule has 1 fully saturated rings. The third-order valence-corrected chi connectivity index (χ3v) is 3.01. The summed E-state index contributed by atoms with van der Waals surface area (Å²) in [5.74, 6) is -0.176. The van der Waals surface area contributed by atoms with Crippen molar-refractivity contribution in [3.8, 4) is 0 Å². The van der Waals surface area contributed by atoms with Crippen LogP contribution in [0.15, 0.2) is 11.6 Å². The smallest absolute Gasteiger partial charge is 0.319 e. The summed E-state index contributed by atoms with van der Waals surface area (Å²) in [6, 6.07) is 0.511. The van der Waals surface area contributed by atoms with Crippen molar-refractivity contribution >= 4 is 17.6 Å². The molecular formula is C11H18ClNO2. The molecule has 1 rings (SSSR count). The number of carbonyl (C=O) groups is 1. The van der Waals surface area contributed by atoms with E-state index in [1.54, 1.807) is 0 Å². The Balaban J connectivity index is 2.47. The van der Waals surface area contributed by atoms with Gasteiger partial charge in [-0.15, -0.1) is 0 Å². The molecule has 0 saturated heterocycles. The number of ether oxygens (including phenoxy) is 1. The highest BCUT2D eigenvalue weighted by atomic mass is 35.5. The van der Waals surface area contributed by atoms with E-state index in [1.165, 1.54) is 38.3 Å². The molecule has 15 heavy (non-hydrogen) atoms. The van der Waals surface area contributed by atoms with E-state index in [4.69, 9.17) is 11.6 Å². The predicted molar refractivity (Wildman–Crippen MR) is 60.8 cm³/mol. The Morgan fingerprint density at radius 1 is 1.53 bits per heavy atom. The first-order valence-corrected chi connectivity index (χ1v) is 5.77. The maximum Gasteiger partial charge on any atom is 0.319 e. The van der Waals surface area contributed by atoms with Gasteiger partial charge in [0.2, 0.25) is 0 Å². The highest BCUT2D eigenvalue weighted by Gasteiger charge is 2.23. The second kappa shape index (κ2) is 6.85. The topological polar surface area (TPSA) is 29.5 Å². The molecule has 1 saturated carbocycles. The Morgan fingerprint density at radius 2 is 2.20 bits per heavy atom. The van der Waals surface area contributed by atoms with Crippen LogP contribution in [0.25, 0.3) is 0 Å². The molecule has 1 aliphatic rings. The van der Waals surface area contributed by atoms with Crippen molar-refractivity contribution in [2.75, 3.05) is 20.2 Å². The van der Waals surface area contributed by atoms with Gasteiger partial charge >= 0.3 is 5.97 Å². The number of nitrogens with zero attached hydrogens (tertiary/aromatic N) is 1. The maximum atomic E-state index is 11.2. The summed E-state index contributed by atoms with van der Waals surface area (Å²) in [6.45, 7) is 1.09. The van der Waals surface area contributed by atoms with Crippen LogP contribution in [0, 0.1) is 0 Å². The fourth-order valence-electron chi connectivity index (χ4n) is 2.02. The highest BCUT2D eigenvalue weighted by Crippen LogP contribution is 2.23. The largest absolute Gasteiger partial charge is 0.468 e. The van der Waals surface area contributed by atoms with Crippen LogP contribution >= 0.6 is 11.6 Å². The lowest BCUT2D eigenvalue weighted by atomic mass is 10.2. The number of halogens is 1. The molecule has 0 aliphatic heterocycles. The van der Waals surface area contributed by atoms with Crippen molar-refractivity contribution in [3.05, 3.63) is 11.6 Å².